The molecule has 2 aromatic rings. The van der Waals surface area contributed by atoms with E-state index in [0.29, 0.717) is 24.3 Å². The number of anilines is 1. The third-order valence-electron chi connectivity index (χ3n) is 3.86. The smallest absolute Gasteiger partial charge is 0.292 e. The zero-order valence-corrected chi connectivity index (χ0v) is 11.7. The minimum atomic E-state index is -0.714. The monoisotopic (exact) mass is 284 g/mol. The van der Waals surface area contributed by atoms with Crippen LogP contribution in [-0.2, 0) is 13.1 Å². The first kappa shape index (κ1) is 13.6. The van der Waals surface area contributed by atoms with Gasteiger partial charge in [0.05, 0.1) is 11.0 Å². The van der Waals surface area contributed by atoms with Gasteiger partial charge in [-0.15, -0.1) is 0 Å². The van der Waals surface area contributed by atoms with Crippen LogP contribution in [-0.4, -0.2) is 10.0 Å². The molecule has 0 saturated carbocycles. The highest BCUT2D eigenvalue weighted by atomic mass is 16.6. The molecule has 108 valence electrons. The highest BCUT2D eigenvalue weighted by molar-refractivity contribution is 5.66. The van der Waals surface area contributed by atoms with Crippen molar-refractivity contribution in [3.8, 4) is 0 Å². The molecule has 1 atom stereocenters. The maximum atomic E-state index is 11.3. The van der Waals surface area contributed by atoms with E-state index in [9.17, 15) is 15.2 Å². The number of aliphatic hydroxyl groups excluding tert-OH is 1. The van der Waals surface area contributed by atoms with Crippen molar-refractivity contribution < 1.29 is 10.0 Å². The fourth-order valence-corrected chi connectivity index (χ4v) is 2.72. The Morgan fingerprint density at radius 3 is 2.33 bits per heavy atom. The molecule has 3 rings (SSSR count). The van der Waals surface area contributed by atoms with Gasteiger partial charge in [-0.3, -0.25) is 10.1 Å². The van der Waals surface area contributed by atoms with E-state index in [0.717, 1.165) is 0 Å². The number of nitro benzene ring substituents is 1. The quantitative estimate of drug-likeness (QED) is 0.694. The van der Waals surface area contributed by atoms with E-state index in [1.54, 1.807) is 19.1 Å². The zero-order chi connectivity index (χ0) is 15.0. The van der Waals surface area contributed by atoms with E-state index in [-0.39, 0.29) is 10.6 Å². The molecule has 2 aromatic carbocycles. The lowest BCUT2D eigenvalue weighted by Crippen LogP contribution is -2.16. The van der Waals surface area contributed by atoms with Crippen molar-refractivity contribution in [2.45, 2.75) is 26.1 Å². The van der Waals surface area contributed by atoms with Gasteiger partial charge < -0.3 is 10.0 Å². The SMILES string of the molecule is C[C@@H](O)c1ccc(N2Cc3ccccc3C2)c([N+](=O)[O-])c1. The highest BCUT2D eigenvalue weighted by Gasteiger charge is 2.25. The third kappa shape index (κ3) is 2.48. The van der Waals surface area contributed by atoms with Crippen molar-refractivity contribution in [2.24, 2.45) is 0 Å². The van der Waals surface area contributed by atoms with Crippen LogP contribution in [0.4, 0.5) is 11.4 Å². The average Bonchev–Trinajstić information content (AvgIpc) is 2.90. The van der Waals surface area contributed by atoms with Crippen molar-refractivity contribution >= 4 is 11.4 Å². The second-order valence-electron chi connectivity index (χ2n) is 5.31. The van der Waals surface area contributed by atoms with Crippen molar-refractivity contribution in [1.82, 2.24) is 0 Å². The van der Waals surface area contributed by atoms with Crippen LogP contribution >= 0.6 is 0 Å². The Kier molecular flexibility index (Phi) is 3.35. The Bertz CT molecular complexity index is 673. The van der Waals surface area contributed by atoms with Crippen LogP contribution in [0.15, 0.2) is 42.5 Å². The van der Waals surface area contributed by atoms with Crippen LogP contribution in [0.2, 0.25) is 0 Å². The van der Waals surface area contributed by atoms with Gasteiger partial charge in [0.15, 0.2) is 0 Å². The van der Waals surface area contributed by atoms with Gasteiger partial charge >= 0.3 is 0 Å². The standard InChI is InChI=1S/C16H16N2O3/c1-11(19)12-6-7-15(16(8-12)18(20)21)17-9-13-4-2-3-5-14(13)10-17/h2-8,11,19H,9-10H2,1H3/t11-/m1/s1. The number of aliphatic hydroxyl groups is 1. The number of rotatable bonds is 3. The van der Waals surface area contributed by atoms with Crippen LogP contribution in [0.25, 0.3) is 0 Å². The lowest BCUT2D eigenvalue weighted by atomic mass is 10.1. The van der Waals surface area contributed by atoms with Crippen LogP contribution in [0, 0.1) is 10.1 Å². The summed E-state index contributed by atoms with van der Waals surface area (Å²) >= 11 is 0. The molecule has 1 aliphatic heterocycles. The second-order valence-corrected chi connectivity index (χ2v) is 5.31. The van der Waals surface area contributed by atoms with Gasteiger partial charge in [-0.1, -0.05) is 30.3 Å². The topological polar surface area (TPSA) is 66.6 Å². The molecule has 0 aromatic heterocycles. The lowest BCUT2D eigenvalue weighted by molar-refractivity contribution is -0.384. The molecule has 1 aliphatic rings. The van der Waals surface area contributed by atoms with Crippen molar-refractivity contribution in [2.75, 3.05) is 4.90 Å². The average molecular weight is 284 g/mol. The molecule has 0 spiro atoms. The fraction of sp³-hybridized carbons (Fsp3) is 0.250. The predicted octanol–water partition coefficient (Wildman–Crippen LogP) is 3.17. The molecule has 0 fully saturated rings. The minimum absolute atomic E-state index is 0.0428. The summed E-state index contributed by atoms with van der Waals surface area (Å²) in [5.74, 6) is 0. The number of benzene rings is 2. The normalized spacial score (nSPS) is 14.9. The first-order chi connectivity index (χ1) is 10.1. The van der Waals surface area contributed by atoms with Crippen molar-refractivity contribution in [3.05, 3.63) is 69.3 Å². The van der Waals surface area contributed by atoms with Crippen LogP contribution < -0.4 is 4.90 Å². The van der Waals surface area contributed by atoms with Gasteiger partial charge in [0.25, 0.3) is 5.69 Å². The Morgan fingerprint density at radius 2 is 1.81 bits per heavy atom. The molecule has 0 amide bonds. The number of hydrogen-bond acceptors (Lipinski definition) is 4. The Labute approximate surface area is 122 Å². The first-order valence-electron chi connectivity index (χ1n) is 6.84. The van der Waals surface area contributed by atoms with Gasteiger partial charge in [-0.25, -0.2) is 0 Å². The highest BCUT2D eigenvalue weighted by Crippen LogP contribution is 2.36. The predicted molar refractivity (Wildman–Crippen MR) is 80.1 cm³/mol. The largest absolute Gasteiger partial charge is 0.389 e. The van der Waals surface area contributed by atoms with Crippen LogP contribution in [0.3, 0.4) is 0 Å². The third-order valence-corrected chi connectivity index (χ3v) is 3.86. The molecule has 0 aliphatic carbocycles. The molecule has 0 saturated heterocycles. The Hall–Kier alpha value is -2.40. The van der Waals surface area contributed by atoms with Gasteiger partial charge in [0.1, 0.15) is 5.69 Å². The van der Waals surface area contributed by atoms with E-state index in [1.807, 2.05) is 29.2 Å². The summed E-state index contributed by atoms with van der Waals surface area (Å²) < 4.78 is 0. The van der Waals surface area contributed by atoms with E-state index in [1.165, 1.54) is 17.2 Å². The lowest BCUT2D eigenvalue weighted by Gasteiger charge is -2.18. The maximum absolute atomic E-state index is 11.3. The Morgan fingerprint density at radius 1 is 1.19 bits per heavy atom. The van der Waals surface area contributed by atoms with E-state index in [4.69, 9.17) is 0 Å². The number of nitrogens with zero attached hydrogens (tertiary/aromatic N) is 2. The summed E-state index contributed by atoms with van der Waals surface area (Å²) in [5.41, 5.74) is 3.60. The van der Waals surface area contributed by atoms with Gasteiger partial charge in [-0.05, 0) is 29.7 Å². The summed E-state index contributed by atoms with van der Waals surface area (Å²) in [6.07, 6.45) is -0.714. The summed E-state index contributed by atoms with van der Waals surface area (Å²) in [6, 6.07) is 13.0. The molecule has 5 nitrogen and oxygen atoms in total. The summed E-state index contributed by atoms with van der Waals surface area (Å²) in [4.78, 5) is 12.9. The molecule has 0 unspecified atom stereocenters. The van der Waals surface area contributed by atoms with Crippen LogP contribution in [0.1, 0.15) is 29.7 Å². The zero-order valence-electron chi connectivity index (χ0n) is 11.7. The summed E-state index contributed by atoms with van der Waals surface area (Å²) in [6.45, 7) is 2.94. The summed E-state index contributed by atoms with van der Waals surface area (Å²) in [7, 11) is 0. The van der Waals surface area contributed by atoms with Gasteiger partial charge in [0.2, 0.25) is 0 Å². The minimum Gasteiger partial charge on any atom is -0.389 e. The maximum Gasteiger partial charge on any atom is 0.292 e. The number of hydrogen-bond donors (Lipinski definition) is 1. The molecule has 0 radical (unpaired) electrons. The molecular weight excluding hydrogens is 268 g/mol. The van der Waals surface area contributed by atoms with Crippen molar-refractivity contribution in [1.29, 1.82) is 0 Å². The molecule has 5 heteroatoms. The molecule has 0 bridgehead atoms. The van der Waals surface area contributed by atoms with Gasteiger partial charge in [0, 0.05) is 19.2 Å². The number of fused-ring (bicyclic) bond motifs is 1. The molecular formula is C16H16N2O3. The van der Waals surface area contributed by atoms with Gasteiger partial charge in [-0.2, -0.15) is 0 Å². The summed E-state index contributed by atoms with van der Waals surface area (Å²) in [5, 5.41) is 20.9. The molecule has 21 heavy (non-hydrogen) atoms. The Balaban J connectivity index is 1.98. The van der Waals surface area contributed by atoms with Crippen molar-refractivity contribution in [3.63, 3.8) is 0 Å². The molecule has 1 heterocycles. The van der Waals surface area contributed by atoms with E-state index < -0.39 is 6.10 Å². The van der Waals surface area contributed by atoms with E-state index >= 15 is 0 Å². The van der Waals surface area contributed by atoms with E-state index in [2.05, 4.69) is 0 Å². The molecule has 1 N–H and O–H groups in total. The fourth-order valence-electron chi connectivity index (χ4n) is 2.72. The number of nitro groups is 1. The second kappa shape index (κ2) is 5.18. The van der Waals surface area contributed by atoms with Crippen LogP contribution in [0.5, 0.6) is 0 Å². The first-order valence-corrected chi connectivity index (χ1v) is 6.84.